The standard InChI is InChI=1S/C23H23ClN2O3S/c1-18-8-12-22(13-9-18)30(27,28)25-17-19-10-11-21(16-23(19)24)29-15-14-26(2)20-6-4-3-5-7-20/h3-13,16-17H,14-15H2,1-2H3. The molecule has 0 aliphatic heterocycles. The Kier molecular flexibility index (Phi) is 7.13. The van der Waals surface area contributed by atoms with Crippen LogP contribution in [0.15, 0.2) is 82.1 Å². The lowest BCUT2D eigenvalue weighted by Crippen LogP contribution is -2.23. The number of hydrogen-bond acceptors (Lipinski definition) is 4. The summed E-state index contributed by atoms with van der Waals surface area (Å²) >= 11 is 6.29. The third kappa shape index (κ3) is 5.84. The Balaban J connectivity index is 1.61. The Morgan fingerprint density at radius 2 is 1.73 bits per heavy atom. The summed E-state index contributed by atoms with van der Waals surface area (Å²) in [6, 6.07) is 21.7. The number of hydrogen-bond donors (Lipinski definition) is 0. The van der Waals surface area contributed by atoms with Crippen molar-refractivity contribution >= 4 is 33.5 Å². The molecule has 0 heterocycles. The highest BCUT2D eigenvalue weighted by atomic mass is 35.5. The van der Waals surface area contributed by atoms with E-state index in [1.165, 1.54) is 18.3 Å². The first-order valence-electron chi connectivity index (χ1n) is 9.41. The summed E-state index contributed by atoms with van der Waals surface area (Å²) in [5, 5.41) is 0.367. The second kappa shape index (κ2) is 9.78. The van der Waals surface area contributed by atoms with Gasteiger partial charge in [0.1, 0.15) is 12.4 Å². The maximum absolute atomic E-state index is 12.3. The van der Waals surface area contributed by atoms with Gasteiger partial charge in [-0.25, -0.2) is 0 Å². The van der Waals surface area contributed by atoms with Gasteiger partial charge in [0.05, 0.1) is 16.5 Å². The minimum atomic E-state index is -3.78. The van der Waals surface area contributed by atoms with Crippen molar-refractivity contribution in [3.63, 3.8) is 0 Å². The van der Waals surface area contributed by atoms with Crippen molar-refractivity contribution in [1.29, 1.82) is 0 Å². The van der Waals surface area contributed by atoms with Crippen LogP contribution in [0.4, 0.5) is 5.69 Å². The van der Waals surface area contributed by atoms with Gasteiger partial charge < -0.3 is 9.64 Å². The topological polar surface area (TPSA) is 59.0 Å². The van der Waals surface area contributed by atoms with Crippen LogP contribution in [-0.2, 0) is 10.0 Å². The lowest BCUT2D eigenvalue weighted by Gasteiger charge is -2.19. The van der Waals surface area contributed by atoms with E-state index < -0.39 is 10.0 Å². The van der Waals surface area contributed by atoms with Crippen molar-refractivity contribution in [1.82, 2.24) is 0 Å². The maximum atomic E-state index is 12.3. The molecule has 3 aromatic carbocycles. The van der Waals surface area contributed by atoms with E-state index in [-0.39, 0.29) is 4.90 Å². The van der Waals surface area contributed by atoms with Crippen molar-refractivity contribution < 1.29 is 13.2 Å². The van der Waals surface area contributed by atoms with Crippen LogP contribution in [0.25, 0.3) is 0 Å². The molecule has 0 fully saturated rings. The molecule has 0 amide bonds. The van der Waals surface area contributed by atoms with Crippen molar-refractivity contribution in [2.75, 3.05) is 25.1 Å². The van der Waals surface area contributed by atoms with Crippen LogP contribution >= 0.6 is 11.6 Å². The van der Waals surface area contributed by atoms with Gasteiger partial charge >= 0.3 is 0 Å². The number of rotatable bonds is 8. The van der Waals surface area contributed by atoms with Gasteiger partial charge in [0.15, 0.2) is 0 Å². The van der Waals surface area contributed by atoms with Crippen molar-refractivity contribution in [2.24, 2.45) is 4.40 Å². The van der Waals surface area contributed by atoms with Crippen LogP contribution in [0, 0.1) is 6.92 Å². The van der Waals surface area contributed by atoms with Gasteiger partial charge in [0.2, 0.25) is 0 Å². The number of anilines is 1. The SMILES string of the molecule is Cc1ccc(S(=O)(=O)N=Cc2ccc(OCCN(C)c3ccccc3)cc2Cl)cc1. The zero-order valence-electron chi connectivity index (χ0n) is 16.8. The van der Waals surface area contributed by atoms with E-state index in [0.29, 0.717) is 29.5 Å². The molecule has 3 aromatic rings. The van der Waals surface area contributed by atoms with Gasteiger partial charge in [0, 0.05) is 24.5 Å². The van der Waals surface area contributed by atoms with Gasteiger partial charge in [-0.05, 0) is 49.4 Å². The summed E-state index contributed by atoms with van der Waals surface area (Å²) < 4.78 is 34.2. The number of sulfonamides is 1. The van der Waals surface area contributed by atoms with Gasteiger partial charge in [-0.1, -0.05) is 47.5 Å². The first-order chi connectivity index (χ1) is 14.3. The molecule has 0 radical (unpaired) electrons. The largest absolute Gasteiger partial charge is 0.492 e. The molecule has 7 heteroatoms. The number of likely N-dealkylation sites (N-methyl/N-ethyl adjacent to an activating group) is 1. The summed E-state index contributed by atoms with van der Waals surface area (Å²) in [6.07, 6.45) is 1.25. The zero-order chi connectivity index (χ0) is 21.6. The summed E-state index contributed by atoms with van der Waals surface area (Å²) in [7, 11) is -1.78. The summed E-state index contributed by atoms with van der Waals surface area (Å²) in [6.45, 7) is 3.08. The molecule has 0 unspecified atom stereocenters. The highest BCUT2D eigenvalue weighted by Crippen LogP contribution is 2.22. The molecular formula is C23H23ClN2O3S. The summed E-state index contributed by atoms with van der Waals surface area (Å²) in [5.74, 6) is 0.611. The van der Waals surface area contributed by atoms with E-state index in [0.717, 1.165) is 11.3 Å². The quantitative estimate of drug-likeness (QED) is 0.462. The van der Waals surface area contributed by atoms with Gasteiger partial charge in [-0.15, -0.1) is 0 Å². The first kappa shape index (κ1) is 21.9. The molecule has 0 atom stereocenters. The highest BCUT2D eigenvalue weighted by Gasteiger charge is 2.11. The monoisotopic (exact) mass is 442 g/mol. The third-order valence-corrected chi connectivity index (χ3v) is 6.09. The van der Waals surface area contributed by atoms with Crippen LogP contribution < -0.4 is 9.64 Å². The Morgan fingerprint density at radius 1 is 1.03 bits per heavy atom. The van der Waals surface area contributed by atoms with Gasteiger partial charge in [-0.3, -0.25) is 0 Å². The number of halogens is 1. The molecular weight excluding hydrogens is 420 g/mol. The number of aryl methyl sites for hydroxylation is 1. The molecule has 0 saturated carbocycles. The lowest BCUT2D eigenvalue weighted by atomic mass is 10.2. The molecule has 0 spiro atoms. The fourth-order valence-corrected chi connectivity index (χ4v) is 3.79. The van der Waals surface area contributed by atoms with Gasteiger partial charge in [0.25, 0.3) is 10.0 Å². The predicted octanol–water partition coefficient (Wildman–Crippen LogP) is 4.97. The Morgan fingerprint density at radius 3 is 2.40 bits per heavy atom. The van der Waals surface area contributed by atoms with E-state index >= 15 is 0 Å². The number of para-hydroxylation sites is 1. The normalized spacial score (nSPS) is 11.6. The second-order valence-electron chi connectivity index (χ2n) is 6.81. The molecule has 0 saturated heterocycles. The fourth-order valence-electron chi connectivity index (χ4n) is 2.71. The second-order valence-corrected chi connectivity index (χ2v) is 8.85. The zero-order valence-corrected chi connectivity index (χ0v) is 18.4. The third-order valence-electron chi connectivity index (χ3n) is 4.51. The molecule has 0 aromatic heterocycles. The van der Waals surface area contributed by atoms with Crippen LogP contribution in [0.5, 0.6) is 5.75 Å². The first-order valence-corrected chi connectivity index (χ1v) is 11.2. The van der Waals surface area contributed by atoms with Crippen LogP contribution in [0.3, 0.4) is 0 Å². The fraction of sp³-hybridized carbons (Fsp3) is 0.174. The molecule has 3 rings (SSSR count). The average molecular weight is 443 g/mol. The molecule has 0 aliphatic rings. The van der Waals surface area contributed by atoms with Crippen molar-refractivity contribution in [3.8, 4) is 5.75 Å². The van der Waals surface area contributed by atoms with Crippen LogP contribution in [0.1, 0.15) is 11.1 Å². The van der Waals surface area contributed by atoms with Crippen LogP contribution in [0.2, 0.25) is 5.02 Å². The summed E-state index contributed by atoms with van der Waals surface area (Å²) in [4.78, 5) is 2.24. The number of nitrogens with zero attached hydrogens (tertiary/aromatic N) is 2. The van der Waals surface area contributed by atoms with Crippen molar-refractivity contribution in [2.45, 2.75) is 11.8 Å². The van der Waals surface area contributed by atoms with Gasteiger partial charge in [-0.2, -0.15) is 12.8 Å². The Bertz CT molecular complexity index is 1110. The smallest absolute Gasteiger partial charge is 0.282 e. The average Bonchev–Trinajstić information content (AvgIpc) is 2.74. The predicted molar refractivity (Wildman–Crippen MR) is 123 cm³/mol. The summed E-state index contributed by atoms with van der Waals surface area (Å²) in [5.41, 5.74) is 2.59. The lowest BCUT2D eigenvalue weighted by molar-refractivity contribution is 0.326. The van der Waals surface area contributed by atoms with Crippen molar-refractivity contribution in [3.05, 3.63) is 88.9 Å². The van der Waals surface area contributed by atoms with E-state index in [2.05, 4.69) is 9.30 Å². The minimum absolute atomic E-state index is 0.142. The van der Waals surface area contributed by atoms with E-state index in [1.807, 2.05) is 44.3 Å². The Labute approximate surface area is 182 Å². The molecule has 0 N–H and O–H groups in total. The van der Waals surface area contributed by atoms with E-state index in [9.17, 15) is 8.42 Å². The molecule has 0 aliphatic carbocycles. The molecule has 0 bridgehead atoms. The maximum Gasteiger partial charge on any atom is 0.282 e. The molecule has 156 valence electrons. The Hall–Kier alpha value is -2.83. The van der Waals surface area contributed by atoms with E-state index in [1.54, 1.807) is 30.3 Å². The highest BCUT2D eigenvalue weighted by molar-refractivity contribution is 7.90. The van der Waals surface area contributed by atoms with Crippen LogP contribution in [-0.4, -0.2) is 34.8 Å². The number of benzene rings is 3. The van der Waals surface area contributed by atoms with E-state index in [4.69, 9.17) is 16.3 Å². The number of ether oxygens (including phenoxy) is 1. The minimum Gasteiger partial charge on any atom is -0.492 e. The molecule has 5 nitrogen and oxygen atoms in total. The molecule has 30 heavy (non-hydrogen) atoms.